The van der Waals surface area contributed by atoms with Gasteiger partial charge in [-0.05, 0) is 42.2 Å². The van der Waals surface area contributed by atoms with Gasteiger partial charge in [0.05, 0.1) is 13.0 Å². The highest BCUT2D eigenvalue weighted by molar-refractivity contribution is 5.79. The average molecular weight is 378 g/mol. The standard InChI is InChI=1S/C22H23FN4O/c23-20-7-1-4-17(12-20)13-21(28)26-10-3-6-19(16-26)22-25-9-11-27(22)15-18-5-2-8-24-14-18/h1-2,4-5,7-9,11-12,14,19H,3,6,10,13,15-16H2/t19-/m0/s1. The van der Waals surface area contributed by atoms with E-state index in [0.29, 0.717) is 12.1 Å². The van der Waals surface area contributed by atoms with Crippen molar-refractivity contribution in [3.05, 3.63) is 84.0 Å². The molecule has 0 radical (unpaired) electrons. The van der Waals surface area contributed by atoms with Crippen LogP contribution in [0.5, 0.6) is 0 Å². The molecular weight excluding hydrogens is 355 g/mol. The Hall–Kier alpha value is -3.02. The van der Waals surface area contributed by atoms with E-state index in [-0.39, 0.29) is 24.1 Å². The monoisotopic (exact) mass is 378 g/mol. The molecule has 0 unspecified atom stereocenters. The van der Waals surface area contributed by atoms with Crippen molar-refractivity contribution in [3.8, 4) is 0 Å². The molecule has 1 fully saturated rings. The van der Waals surface area contributed by atoms with E-state index in [4.69, 9.17) is 0 Å². The molecule has 28 heavy (non-hydrogen) atoms. The van der Waals surface area contributed by atoms with Gasteiger partial charge in [0.1, 0.15) is 11.6 Å². The maximum Gasteiger partial charge on any atom is 0.227 e. The van der Waals surface area contributed by atoms with Crippen LogP contribution in [0.3, 0.4) is 0 Å². The predicted molar refractivity (Wildman–Crippen MR) is 104 cm³/mol. The van der Waals surface area contributed by atoms with Gasteiger partial charge in [-0.3, -0.25) is 9.78 Å². The first-order chi connectivity index (χ1) is 13.7. The molecule has 1 amide bonds. The quantitative estimate of drug-likeness (QED) is 0.684. The number of hydrogen-bond donors (Lipinski definition) is 0. The minimum Gasteiger partial charge on any atom is -0.342 e. The van der Waals surface area contributed by atoms with Gasteiger partial charge in [0, 0.05) is 43.8 Å². The Balaban J connectivity index is 1.44. The van der Waals surface area contributed by atoms with Gasteiger partial charge >= 0.3 is 0 Å². The fraction of sp³-hybridized carbons (Fsp3) is 0.318. The van der Waals surface area contributed by atoms with E-state index >= 15 is 0 Å². The van der Waals surface area contributed by atoms with Crippen LogP contribution < -0.4 is 0 Å². The normalized spacial score (nSPS) is 16.9. The van der Waals surface area contributed by atoms with Crippen LogP contribution in [0.15, 0.2) is 61.2 Å². The second kappa shape index (κ2) is 8.33. The number of imidazole rings is 1. The van der Waals surface area contributed by atoms with Gasteiger partial charge in [0.2, 0.25) is 5.91 Å². The molecule has 1 aliphatic rings. The smallest absolute Gasteiger partial charge is 0.227 e. The molecule has 0 saturated carbocycles. The number of piperidine rings is 1. The van der Waals surface area contributed by atoms with Crippen LogP contribution in [0, 0.1) is 5.82 Å². The second-order valence-electron chi connectivity index (χ2n) is 7.26. The Bertz CT molecular complexity index is 940. The van der Waals surface area contributed by atoms with Crippen molar-refractivity contribution in [3.63, 3.8) is 0 Å². The third-order valence-corrected chi connectivity index (χ3v) is 5.21. The lowest BCUT2D eigenvalue weighted by molar-refractivity contribution is -0.131. The lowest BCUT2D eigenvalue weighted by Crippen LogP contribution is -2.40. The van der Waals surface area contributed by atoms with Gasteiger partial charge in [-0.25, -0.2) is 9.37 Å². The van der Waals surface area contributed by atoms with Crippen molar-refractivity contribution >= 4 is 5.91 Å². The van der Waals surface area contributed by atoms with E-state index in [1.54, 1.807) is 18.3 Å². The maximum atomic E-state index is 13.4. The molecule has 144 valence electrons. The van der Waals surface area contributed by atoms with Crippen molar-refractivity contribution in [2.75, 3.05) is 13.1 Å². The van der Waals surface area contributed by atoms with Crippen molar-refractivity contribution in [1.82, 2.24) is 19.4 Å². The second-order valence-corrected chi connectivity index (χ2v) is 7.26. The first-order valence-electron chi connectivity index (χ1n) is 9.61. The number of rotatable bonds is 5. The van der Waals surface area contributed by atoms with Crippen molar-refractivity contribution in [2.24, 2.45) is 0 Å². The van der Waals surface area contributed by atoms with Crippen LogP contribution in [0.1, 0.15) is 35.7 Å². The van der Waals surface area contributed by atoms with Crippen LogP contribution in [-0.2, 0) is 17.8 Å². The molecule has 5 nitrogen and oxygen atoms in total. The first-order valence-corrected chi connectivity index (χ1v) is 9.61. The summed E-state index contributed by atoms with van der Waals surface area (Å²) in [6.45, 7) is 2.11. The summed E-state index contributed by atoms with van der Waals surface area (Å²) in [6, 6.07) is 10.2. The molecule has 1 atom stereocenters. The van der Waals surface area contributed by atoms with Gasteiger partial charge in [0.25, 0.3) is 0 Å². The van der Waals surface area contributed by atoms with E-state index in [9.17, 15) is 9.18 Å². The molecule has 3 heterocycles. The molecular formula is C22H23FN4O. The zero-order valence-electron chi connectivity index (χ0n) is 15.7. The van der Waals surface area contributed by atoms with Gasteiger partial charge in [-0.1, -0.05) is 18.2 Å². The molecule has 0 bridgehead atoms. The van der Waals surface area contributed by atoms with Gasteiger partial charge in [0.15, 0.2) is 0 Å². The number of carbonyl (C=O) groups excluding carboxylic acids is 1. The minimum absolute atomic E-state index is 0.0423. The summed E-state index contributed by atoms with van der Waals surface area (Å²) >= 11 is 0. The lowest BCUT2D eigenvalue weighted by atomic mass is 9.96. The number of pyridine rings is 1. The summed E-state index contributed by atoms with van der Waals surface area (Å²) < 4.78 is 15.5. The van der Waals surface area contributed by atoms with Crippen molar-refractivity contribution in [1.29, 1.82) is 0 Å². The molecule has 2 aromatic heterocycles. The number of benzene rings is 1. The van der Waals surface area contributed by atoms with Gasteiger partial charge in [-0.2, -0.15) is 0 Å². The molecule has 4 rings (SSSR count). The maximum absolute atomic E-state index is 13.4. The highest BCUT2D eigenvalue weighted by atomic mass is 19.1. The zero-order valence-corrected chi connectivity index (χ0v) is 15.7. The van der Waals surface area contributed by atoms with Crippen LogP contribution in [-0.4, -0.2) is 38.4 Å². The van der Waals surface area contributed by atoms with E-state index < -0.39 is 0 Å². The number of amides is 1. The van der Waals surface area contributed by atoms with Crippen LogP contribution in [0.2, 0.25) is 0 Å². The molecule has 0 aliphatic carbocycles. The van der Waals surface area contributed by atoms with Gasteiger partial charge < -0.3 is 9.47 Å². The summed E-state index contributed by atoms with van der Waals surface area (Å²) in [6.07, 6.45) is 9.61. The van der Waals surface area contributed by atoms with Crippen LogP contribution >= 0.6 is 0 Å². The SMILES string of the molecule is O=C(Cc1cccc(F)c1)N1CCC[C@H](c2nccn2Cc2cccnc2)C1. The molecule has 1 aliphatic heterocycles. The summed E-state index contributed by atoms with van der Waals surface area (Å²) in [5.41, 5.74) is 1.83. The fourth-order valence-corrected chi connectivity index (χ4v) is 3.85. The third-order valence-electron chi connectivity index (χ3n) is 5.21. The average Bonchev–Trinajstić information content (AvgIpc) is 3.17. The third kappa shape index (κ3) is 4.27. The summed E-state index contributed by atoms with van der Waals surface area (Å²) in [5.74, 6) is 0.948. The fourth-order valence-electron chi connectivity index (χ4n) is 3.85. The highest BCUT2D eigenvalue weighted by Crippen LogP contribution is 2.26. The first kappa shape index (κ1) is 18.3. The summed E-state index contributed by atoms with van der Waals surface area (Å²) in [4.78, 5) is 23.4. The number of hydrogen-bond acceptors (Lipinski definition) is 3. The van der Waals surface area contributed by atoms with Crippen molar-refractivity contribution in [2.45, 2.75) is 31.7 Å². The number of nitrogens with zero attached hydrogens (tertiary/aromatic N) is 4. The predicted octanol–water partition coefficient (Wildman–Crippen LogP) is 3.41. The van der Waals surface area contributed by atoms with E-state index in [0.717, 1.165) is 37.3 Å². The summed E-state index contributed by atoms with van der Waals surface area (Å²) in [7, 11) is 0. The molecule has 6 heteroatoms. The largest absolute Gasteiger partial charge is 0.342 e. The molecule has 0 N–H and O–H groups in total. The lowest BCUT2D eigenvalue weighted by Gasteiger charge is -2.33. The van der Waals surface area contributed by atoms with E-state index in [1.807, 2.05) is 35.6 Å². The summed E-state index contributed by atoms with van der Waals surface area (Å²) in [5, 5.41) is 0. The zero-order chi connectivity index (χ0) is 19.3. The van der Waals surface area contributed by atoms with Crippen LogP contribution in [0.4, 0.5) is 4.39 Å². The Morgan fingerprint density at radius 2 is 2.07 bits per heavy atom. The minimum atomic E-state index is -0.306. The number of halogens is 1. The Kier molecular flexibility index (Phi) is 5.46. The topological polar surface area (TPSA) is 51.0 Å². The molecule has 3 aromatic rings. The van der Waals surface area contributed by atoms with E-state index in [1.165, 1.54) is 12.1 Å². The Labute approximate surface area is 163 Å². The molecule has 0 spiro atoms. The highest BCUT2D eigenvalue weighted by Gasteiger charge is 2.27. The van der Waals surface area contributed by atoms with Crippen LogP contribution in [0.25, 0.3) is 0 Å². The Morgan fingerprint density at radius 3 is 2.89 bits per heavy atom. The molecule has 1 aromatic carbocycles. The molecule has 1 saturated heterocycles. The number of carbonyl (C=O) groups is 1. The van der Waals surface area contributed by atoms with Crippen molar-refractivity contribution < 1.29 is 9.18 Å². The van der Waals surface area contributed by atoms with E-state index in [2.05, 4.69) is 14.5 Å². The number of aromatic nitrogens is 3. The Morgan fingerprint density at radius 1 is 1.18 bits per heavy atom. The number of likely N-dealkylation sites (tertiary alicyclic amines) is 1. The van der Waals surface area contributed by atoms with Gasteiger partial charge in [-0.15, -0.1) is 0 Å².